The number of ether oxygens (including phenoxy) is 1. The number of carbonyl (C=O) groups is 1. The Hall–Kier alpha value is -4.37. The van der Waals surface area contributed by atoms with Crippen molar-refractivity contribution in [2.75, 3.05) is 37.9 Å². The number of carbonyl (C=O) groups excluding carboxylic acids is 1. The number of amides is 1. The fourth-order valence-electron chi connectivity index (χ4n) is 4.30. The molecule has 3 heterocycles. The Morgan fingerprint density at radius 3 is 2.83 bits per heavy atom. The fourth-order valence-corrected chi connectivity index (χ4v) is 4.30. The molecular formula is C26H28N7O2+. The Morgan fingerprint density at radius 1 is 1.17 bits per heavy atom. The number of anilines is 4. The van der Waals surface area contributed by atoms with E-state index in [0.717, 1.165) is 41.8 Å². The quantitative estimate of drug-likeness (QED) is 0.327. The van der Waals surface area contributed by atoms with Gasteiger partial charge in [0.15, 0.2) is 5.75 Å². The van der Waals surface area contributed by atoms with Crippen LogP contribution < -0.4 is 26.1 Å². The lowest BCUT2D eigenvalue weighted by Gasteiger charge is -2.23. The van der Waals surface area contributed by atoms with E-state index in [-0.39, 0.29) is 0 Å². The van der Waals surface area contributed by atoms with E-state index in [9.17, 15) is 4.79 Å². The van der Waals surface area contributed by atoms with Crippen LogP contribution in [-0.2, 0) is 0 Å². The molecule has 2 aromatic carbocycles. The number of para-hydroxylation sites is 1. The van der Waals surface area contributed by atoms with Crippen LogP contribution in [0.4, 0.5) is 23.1 Å². The van der Waals surface area contributed by atoms with Crippen molar-refractivity contribution in [1.82, 2.24) is 14.9 Å². The van der Waals surface area contributed by atoms with Crippen LogP contribution in [0.15, 0.2) is 60.8 Å². The first-order valence-corrected chi connectivity index (χ1v) is 11.4. The average molecular weight is 471 g/mol. The SMILES string of the molecule is COc1cc(C2=CCCN(C)C2)ccc1Nc1nc(Nc2ccccc2C(N)=O)c2cc[nH]c2[nH+]1. The molecule has 35 heavy (non-hydrogen) atoms. The standard InChI is InChI=1S/C26H27N7O2/c1-33-13-5-6-17(15-33)16-9-10-21(22(14-16)35-2)30-26-31-24-19(11-12-28-24)25(32-26)29-20-8-4-3-7-18(20)23(27)34/h3-4,6-12,14H,5,13,15H2,1-2H3,(H2,27,34)(H3,28,29,30,31,32)/p+1. The fraction of sp³-hybridized carbons (Fsp3) is 0.192. The molecule has 6 N–H and O–H groups in total. The van der Waals surface area contributed by atoms with Gasteiger partial charge in [0.1, 0.15) is 5.69 Å². The Kier molecular flexibility index (Phi) is 6.07. The molecule has 5 rings (SSSR count). The highest BCUT2D eigenvalue weighted by Gasteiger charge is 2.19. The molecule has 0 saturated heterocycles. The van der Waals surface area contributed by atoms with Crippen molar-refractivity contribution in [1.29, 1.82) is 0 Å². The van der Waals surface area contributed by atoms with Crippen LogP contribution in [0.3, 0.4) is 0 Å². The first-order valence-electron chi connectivity index (χ1n) is 11.4. The number of likely N-dealkylation sites (N-methyl/N-ethyl adjacent to an activating group) is 1. The summed E-state index contributed by atoms with van der Waals surface area (Å²) >= 11 is 0. The third kappa shape index (κ3) is 4.67. The Morgan fingerprint density at radius 2 is 2.03 bits per heavy atom. The van der Waals surface area contributed by atoms with Crippen LogP contribution in [-0.4, -0.2) is 48.0 Å². The van der Waals surface area contributed by atoms with Gasteiger partial charge in [0.2, 0.25) is 11.5 Å². The number of benzene rings is 2. The van der Waals surface area contributed by atoms with Crippen LogP contribution in [0.2, 0.25) is 0 Å². The highest BCUT2D eigenvalue weighted by atomic mass is 16.5. The van der Waals surface area contributed by atoms with Crippen molar-refractivity contribution in [2.24, 2.45) is 5.73 Å². The zero-order valence-electron chi connectivity index (χ0n) is 19.7. The van der Waals surface area contributed by atoms with E-state index >= 15 is 0 Å². The number of methoxy groups -OCH3 is 1. The van der Waals surface area contributed by atoms with Crippen molar-refractivity contribution in [3.05, 3.63) is 71.9 Å². The second kappa shape index (κ2) is 9.47. The largest absolute Gasteiger partial charge is 0.493 e. The molecule has 0 fully saturated rings. The van der Waals surface area contributed by atoms with E-state index in [0.29, 0.717) is 28.8 Å². The van der Waals surface area contributed by atoms with E-state index in [4.69, 9.17) is 15.5 Å². The van der Waals surface area contributed by atoms with Crippen molar-refractivity contribution in [2.45, 2.75) is 6.42 Å². The van der Waals surface area contributed by atoms with Crippen LogP contribution in [0.25, 0.3) is 16.6 Å². The van der Waals surface area contributed by atoms with Gasteiger partial charge < -0.3 is 20.7 Å². The van der Waals surface area contributed by atoms with Gasteiger partial charge in [-0.3, -0.25) is 15.1 Å². The summed E-state index contributed by atoms with van der Waals surface area (Å²) in [4.78, 5) is 25.4. The van der Waals surface area contributed by atoms with Gasteiger partial charge in [-0.15, -0.1) is 0 Å². The minimum atomic E-state index is -0.511. The maximum Gasteiger partial charge on any atom is 0.351 e. The molecule has 0 radical (unpaired) electrons. The Labute approximate surface area is 203 Å². The lowest BCUT2D eigenvalue weighted by atomic mass is 10.0. The van der Waals surface area contributed by atoms with E-state index in [1.807, 2.05) is 30.5 Å². The highest BCUT2D eigenvalue weighted by Crippen LogP contribution is 2.32. The molecule has 0 aliphatic carbocycles. The van der Waals surface area contributed by atoms with Gasteiger partial charge in [-0.25, -0.2) is 4.98 Å². The summed E-state index contributed by atoms with van der Waals surface area (Å²) in [6.45, 7) is 1.99. The number of fused-ring (bicyclic) bond motifs is 1. The number of primary amides is 1. The maximum absolute atomic E-state index is 11.9. The minimum Gasteiger partial charge on any atom is -0.493 e. The lowest BCUT2D eigenvalue weighted by molar-refractivity contribution is -0.333. The molecule has 2 aromatic heterocycles. The molecule has 178 valence electrons. The van der Waals surface area contributed by atoms with Gasteiger partial charge in [-0.1, -0.05) is 29.3 Å². The molecule has 1 aliphatic heterocycles. The number of nitrogens with one attached hydrogen (secondary N) is 4. The number of H-pyrrole nitrogens is 2. The second-order valence-electron chi connectivity index (χ2n) is 8.53. The van der Waals surface area contributed by atoms with Gasteiger partial charge in [0.25, 0.3) is 5.91 Å². The molecule has 4 aromatic rings. The van der Waals surface area contributed by atoms with Crippen molar-refractivity contribution < 1.29 is 14.5 Å². The van der Waals surface area contributed by atoms with Crippen molar-refractivity contribution in [3.8, 4) is 5.75 Å². The van der Waals surface area contributed by atoms with Gasteiger partial charge >= 0.3 is 5.95 Å². The first-order chi connectivity index (χ1) is 17.0. The Balaban J connectivity index is 1.47. The molecule has 0 atom stereocenters. The highest BCUT2D eigenvalue weighted by molar-refractivity contribution is 6.00. The second-order valence-corrected chi connectivity index (χ2v) is 8.53. The number of hydrogen-bond donors (Lipinski definition) is 4. The molecule has 1 aliphatic rings. The van der Waals surface area contributed by atoms with E-state index in [1.54, 1.807) is 25.3 Å². The molecule has 0 saturated carbocycles. The van der Waals surface area contributed by atoms with Gasteiger partial charge in [-0.2, -0.15) is 0 Å². The summed E-state index contributed by atoms with van der Waals surface area (Å²) in [5, 5.41) is 7.43. The summed E-state index contributed by atoms with van der Waals surface area (Å²) in [6.07, 6.45) is 5.15. The summed E-state index contributed by atoms with van der Waals surface area (Å²) in [6, 6.07) is 15.1. The lowest BCUT2D eigenvalue weighted by Crippen LogP contribution is -2.24. The molecule has 0 spiro atoms. The third-order valence-corrected chi connectivity index (χ3v) is 6.08. The van der Waals surface area contributed by atoms with Crippen LogP contribution in [0.1, 0.15) is 22.3 Å². The van der Waals surface area contributed by atoms with E-state index in [1.165, 1.54) is 5.57 Å². The van der Waals surface area contributed by atoms with Gasteiger partial charge in [0, 0.05) is 19.3 Å². The van der Waals surface area contributed by atoms with Gasteiger partial charge in [0.05, 0.1) is 23.7 Å². The zero-order chi connectivity index (χ0) is 24.4. The number of aromatic amines is 2. The van der Waals surface area contributed by atoms with Gasteiger partial charge in [-0.05, 0) is 54.9 Å². The van der Waals surface area contributed by atoms with Crippen molar-refractivity contribution >= 4 is 45.7 Å². The van der Waals surface area contributed by atoms with Crippen molar-refractivity contribution in [3.63, 3.8) is 0 Å². The summed E-state index contributed by atoms with van der Waals surface area (Å²) in [5.74, 6) is 1.28. The Bertz CT molecular complexity index is 1430. The van der Waals surface area contributed by atoms with Crippen LogP contribution in [0.5, 0.6) is 5.75 Å². The van der Waals surface area contributed by atoms with E-state index < -0.39 is 5.91 Å². The predicted octanol–water partition coefficient (Wildman–Crippen LogP) is 3.69. The number of nitrogens with two attached hydrogens (primary N) is 1. The van der Waals surface area contributed by atoms with E-state index in [2.05, 4.69) is 44.7 Å². The van der Waals surface area contributed by atoms with Crippen LogP contribution in [0, 0.1) is 0 Å². The smallest absolute Gasteiger partial charge is 0.351 e. The summed E-state index contributed by atoms with van der Waals surface area (Å²) < 4.78 is 5.70. The number of rotatable bonds is 7. The third-order valence-electron chi connectivity index (χ3n) is 6.08. The predicted molar refractivity (Wildman–Crippen MR) is 137 cm³/mol. The molecule has 0 unspecified atom stereocenters. The molecule has 9 heteroatoms. The number of aromatic nitrogens is 3. The first kappa shape index (κ1) is 22.4. The minimum absolute atomic E-state index is 0.389. The average Bonchev–Trinajstić information content (AvgIpc) is 3.33. The molecular weight excluding hydrogens is 442 g/mol. The maximum atomic E-state index is 11.9. The number of hydrogen-bond acceptors (Lipinski definition) is 6. The van der Waals surface area contributed by atoms with Crippen LogP contribution >= 0.6 is 0 Å². The number of nitrogens with zero attached hydrogens (tertiary/aromatic N) is 2. The topological polar surface area (TPSA) is 122 Å². The molecule has 0 bridgehead atoms. The summed E-state index contributed by atoms with van der Waals surface area (Å²) in [5.41, 5.74) is 10.5. The monoisotopic (exact) mass is 470 g/mol. The zero-order valence-corrected chi connectivity index (χ0v) is 19.7. The molecule has 1 amide bonds. The molecule has 9 nitrogen and oxygen atoms in total. The summed E-state index contributed by atoms with van der Waals surface area (Å²) in [7, 11) is 3.79. The normalized spacial score (nSPS) is 13.9.